The zero-order chi connectivity index (χ0) is 21.5. The van der Waals surface area contributed by atoms with Crippen molar-refractivity contribution < 1.29 is 4.79 Å². The molecule has 1 fully saturated rings. The van der Waals surface area contributed by atoms with E-state index >= 15 is 0 Å². The van der Waals surface area contributed by atoms with Gasteiger partial charge in [-0.1, -0.05) is 44.9 Å². The molecule has 3 rings (SSSR count). The SMILES string of the molecule is CCC(C)N(C(=O)CSc1nnc(-c2cccnc2)n1C1CCCCC1)C(C)CC. The molecule has 0 spiro atoms. The van der Waals surface area contributed by atoms with Crippen molar-refractivity contribution in [3.8, 4) is 11.4 Å². The fraction of sp³-hybridized carbons (Fsp3) is 0.652. The Hall–Kier alpha value is -1.89. The minimum atomic E-state index is 0.185. The molecule has 164 valence electrons. The van der Waals surface area contributed by atoms with E-state index in [1.165, 1.54) is 31.0 Å². The van der Waals surface area contributed by atoms with Crippen LogP contribution in [0.2, 0.25) is 0 Å². The van der Waals surface area contributed by atoms with Crippen LogP contribution in [0.1, 0.15) is 78.7 Å². The average molecular weight is 430 g/mol. The van der Waals surface area contributed by atoms with E-state index in [1.54, 1.807) is 6.20 Å². The minimum Gasteiger partial charge on any atom is -0.337 e. The maximum absolute atomic E-state index is 13.1. The Balaban J connectivity index is 1.83. The lowest BCUT2D eigenvalue weighted by Crippen LogP contribution is -2.45. The highest BCUT2D eigenvalue weighted by Crippen LogP contribution is 2.35. The van der Waals surface area contributed by atoms with E-state index in [4.69, 9.17) is 0 Å². The number of thioether (sulfide) groups is 1. The van der Waals surface area contributed by atoms with Crippen LogP contribution >= 0.6 is 11.8 Å². The van der Waals surface area contributed by atoms with Gasteiger partial charge in [0.15, 0.2) is 11.0 Å². The van der Waals surface area contributed by atoms with Gasteiger partial charge in [0.05, 0.1) is 5.75 Å². The second-order valence-corrected chi connectivity index (χ2v) is 9.26. The molecular weight excluding hydrogens is 394 g/mol. The van der Waals surface area contributed by atoms with Gasteiger partial charge < -0.3 is 4.90 Å². The van der Waals surface area contributed by atoms with E-state index in [2.05, 4.69) is 52.3 Å². The van der Waals surface area contributed by atoms with Crippen LogP contribution in [-0.2, 0) is 4.79 Å². The first-order valence-electron chi connectivity index (χ1n) is 11.4. The number of pyridine rings is 1. The smallest absolute Gasteiger partial charge is 0.233 e. The van der Waals surface area contributed by atoms with Crippen molar-refractivity contribution in [1.82, 2.24) is 24.6 Å². The fourth-order valence-corrected chi connectivity index (χ4v) is 5.13. The summed E-state index contributed by atoms with van der Waals surface area (Å²) in [5.41, 5.74) is 0.981. The maximum atomic E-state index is 13.1. The van der Waals surface area contributed by atoms with Crippen molar-refractivity contribution in [3.63, 3.8) is 0 Å². The van der Waals surface area contributed by atoms with Gasteiger partial charge in [-0.05, 0) is 51.7 Å². The zero-order valence-electron chi connectivity index (χ0n) is 18.8. The molecule has 0 aromatic carbocycles. The summed E-state index contributed by atoms with van der Waals surface area (Å²) in [6.45, 7) is 8.56. The lowest BCUT2D eigenvalue weighted by molar-refractivity contribution is -0.132. The van der Waals surface area contributed by atoms with Crippen LogP contribution in [0.5, 0.6) is 0 Å². The molecule has 6 nitrogen and oxygen atoms in total. The third-order valence-corrected chi connectivity index (χ3v) is 7.20. The Bertz CT molecular complexity index is 793. The molecule has 2 aromatic heterocycles. The first-order chi connectivity index (χ1) is 14.6. The molecule has 0 bridgehead atoms. The van der Waals surface area contributed by atoms with Crippen molar-refractivity contribution in [2.24, 2.45) is 0 Å². The van der Waals surface area contributed by atoms with Crippen LogP contribution in [0.4, 0.5) is 0 Å². The van der Waals surface area contributed by atoms with E-state index in [0.29, 0.717) is 11.8 Å². The quantitative estimate of drug-likeness (QED) is 0.502. The summed E-state index contributed by atoms with van der Waals surface area (Å²) >= 11 is 1.53. The van der Waals surface area contributed by atoms with Crippen LogP contribution < -0.4 is 0 Å². The van der Waals surface area contributed by atoms with Crippen molar-refractivity contribution in [2.75, 3.05) is 5.75 Å². The van der Waals surface area contributed by atoms with Crippen molar-refractivity contribution in [3.05, 3.63) is 24.5 Å². The van der Waals surface area contributed by atoms with Gasteiger partial charge in [-0.15, -0.1) is 10.2 Å². The second kappa shape index (κ2) is 10.9. The largest absolute Gasteiger partial charge is 0.337 e. The third-order valence-electron chi connectivity index (χ3n) is 6.27. The fourth-order valence-electron chi connectivity index (χ4n) is 4.26. The number of aromatic nitrogens is 4. The van der Waals surface area contributed by atoms with Crippen LogP contribution in [0.15, 0.2) is 29.7 Å². The molecule has 2 aromatic rings. The van der Waals surface area contributed by atoms with E-state index in [1.807, 2.05) is 18.3 Å². The van der Waals surface area contributed by atoms with Crippen LogP contribution in [0.25, 0.3) is 11.4 Å². The first kappa shape index (κ1) is 22.8. The Morgan fingerprint density at radius 2 is 1.87 bits per heavy atom. The molecule has 2 atom stereocenters. The minimum absolute atomic E-state index is 0.185. The normalized spacial score (nSPS) is 16.9. The lowest BCUT2D eigenvalue weighted by atomic mass is 9.95. The van der Waals surface area contributed by atoms with Gasteiger partial charge in [-0.25, -0.2) is 0 Å². The molecule has 1 amide bonds. The van der Waals surface area contributed by atoms with Crippen molar-refractivity contribution >= 4 is 17.7 Å². The molecular formula is C23H35N5OS. The van der Waals surface area contributed by atoms with Gasteiger partial charge in [0.25, 0.3) is 0 Å². The standard InChI is InChI=1S/C23H35N5OS/c1-5-17(3)27(18(4)6-2)21(29)16-30-23-26-25-22(19-11-10-14-24-15-19)28(23)20-12-8-7-9-13-20/h10-11,14-15,17-18,20H,5-9,12-13,16H2,1-4H3. The molecule has 2 unspecified atom stereocenters. The Morgan fingerprint density at radius 3 is 2.47 bits per heavy atom. The summed E-state index contributed by atoms with van der Waals surface area (Å²) in [6, 6.07) is 4.85. The Kier molecular flexibility index (Phi) is 8.31. The van der Waals surface area contributed by atoms with E-state index in [9.17, 15) is 4.79 Å². The second-order valence-electron chi connectivity index (χ2n) is 8.31. The Labute approximate surface area is 184 Å². The summed E-state index contributed by atoms with van der Waals surface area (Å²) in [5.74, 6) is 1.45. The monoisotopic (exact) mass is 429 g/mol. The summed E-state index contributed by atoms with van der Waals surface area (Å²) < 4.78 is 2.27. The van der Waals surface area contributed by atoms with Gasteiger partial charge in [-0.2, -0.15) is 0 Å². The molecule has 0 aliphatic heterocycles. The van der Waals surface area contributed by atoms with Crippen LogP contribution in [-0.4, -0.2) is 48.4 Å². The highest BCUT2D eigenvalue weighted by molar-refractivity contribution is 7.99. The van der Waals surface area contributed by atoms with Crippen LogP contribution in [0.3, 0.4) is 0 Å². The van der Waals surface area contributed by atoms with Crippen molar-refractivity contribution in [2.45, 2.75) is 95.9 Å². The highest BCUT2D eigenvalue weighted by Gasteiger charge is 2.27. The van der Waals surface area contributed by atoms with Gasteiger partial charge in [0.1, 0.15) is 0 Å². The number of rotatable bonds is 9. The highest BCUT2D eigenvalue weighted by atomic mass is 32.2. The molecule has 1 aliphatic carbocycles. The molecule has 0 saturated heterocycles. The molecule has 0 radical (unpaired) electrons. The lowest BCUT2D eigenvalue weighted by Gasteiger charge is -2.34. The van der Waals surface area contributed by atoms with Crippen LogP contribution in [0, 0.1) is 0 Å². The third kappa shape index (κ3) is 5.23. The average Bonchev–Trinajstić information content (AvgIpc) is 3.22. The first-order valence-corrected chi connectivity index (χ1v) is 12.3. The maximum Gasteiger partial charge on any atom is 0.233 e. The number of carbonyl (C=O) groups excluding carboxylic acids is 1. The van der Waals surface area contributed by atoms with Gasteiger partial charge in [-0.3, -0.25) is 14.3 Å². The molecule has 2 heterocycles. The van der Waals surface area contributed by atoms with E-state index in [-0.39, 0.29) is 18.0 Å². The van der Waals surface area contributed by atoms with Crippen molar-refractivity contribution in [1.29, 1.82) is 0 Å². The summed E-state index contributed by atoms with van der Waals surface area (Å²) in [7, 11) is 0. The predicted octanol–water partition coefficient (Wildman–Crippen LogP) is 5.36. The van der Waals surface area contributed by atoms with E-state index in [0.717, 1.165) is 42.2 Å². The summed E-state index contributed by atoms with van der Waals surface area (Å²) in [6.07, 6.45) is 11.6. The number of hydrogen-bond donors (Lipinski definition) is 0. The summed E-state index contributed by atoms with van der Waals surface area (Å²) in [5, 5.41) is 9.87. The Morgan fingerprint density at radius 1 is 1.17 bits per heavy atom. The van der Waals surface area contributed by atoms with Gasteiger partial charge in [0, 0.05) is 36.1 Å². The number of carbonyl (C=O) groups is 1. The molecule has 1 aliphatic rings. The molecule has 1 saturated carbocycles. The number of amides is 1. The number of hydrogen-bond acceptors (Lipinski definition) is 5. The predicted molar refractivity (Wildman–Crippen MR) is 122 cm³/mol. The zero-order valence-corrected chi connectivity index (χ0v) is 19.6. The number of nitrogens with zero attached hydrogens (tertiary/aromatic N) is 5. The van der Waals surface area contributed by atoms with Gasteiger partial charge >= 0.3 is 0 Å². The summed E-state index contributed by atoms with van der Waals surface area (Å²) in [4.78, 5) is 19.4. The molecule has 30 heavy (non-hydrogen) atoms. The van der Waals surface area contributed by atoms with Gasteiger partial charge in [0.2, 0.25) is 5.91 Å². The van der Waals surface area contributed by atoms with E-state index < -0.39 is 0 Å². The molecule has 7 heteroatoms. The topological polar surface area (TPSA) is 63.9 Å². The molecule has 0 N–H and O–H groups in total.